The number of thiol groups is 1. The molecule has 1 atom stereocenters. The highest BCUT2D eigenvalue weighted by molar-refractivity contribution is 7.80. The summed E-state index contributed by atoms with van der Waals surface area (Å²) in [6.07, 6.45) is 2.53. The molecule has 0 bridgehead atoms. The molecule has 0 spiro atoms. The van der Waals surface area contributed by atoms with Crippen molar-refractivity contribution in [1.29, 1.82) is 0 Å². The van der Waals surface area contributed by atoms with E-state index in [0.29, 0.717) is 0 Å². The van der Waals surface area contributed by atoms with Crippen LogP contribution in [0.2, 0.25) is 0 Å². The Morgan fingerprint density at radius 3 is 2.00 bits per heavy atom. The molecule has 0 radical (unpaired) electrons. The molecule has 0 saturated carbocycles. The smallest absolute Gasteiger partial charge is 0.00148 e. The van der Waals surface area contributed by atoms with Crippen LogP contribution in [0, 0.1) is 5.92 Å². The summed E-state index contributed by atoms with van der Waals surface area (Å²) in [5.41, 5.74) is 0. The maximum atomic E-state index is 4.30. The quantitative estimate of drug-likeness (QED) is 0.603. The molecule has 0 aliphatic carbocycles. The second-order valence-corrected chi connectivity index (χ2v) is 3.95. The highest BCUT2D eigenvalue weighted by Gasteiger charge is 2.06. The van der Waals surface area contributed by atoms with Gasteiger partial charge in [-0.2, -0.15) is 12.6 Å². The van der Waals surface area contributed by atoms with Crippen LogP contribution in [0.5, 0.6) is 0 Å². The topological polar surface area (TPSA) is 3.24 Å². The van der Waals surface area contributed by atoms with Crippen molar-refractivity contribution in [1.82, 2.24) is 4.90 Å². The lowest BCUT2D eigenvalue weighted by Gasteiger charge is -2.23. The van der Waals surface area contributed by atoms with E-state index in [0.717, 1.165) is 11.7 Å². The lowest BCUT2D eigenvalue weighted by atomic mass is 10.2. The van der Waals surface area contributed by atoms with Crippen LogP contribution >= 0.6 is 12.6 Å². The van der Waals surface area contributed by atoms with Crippen molar-refractivity contribution >= 4 is 12.6 Å². The lowest BCUT2D eigenvalue weighted by molar-refractivity contribution is 0.247. The van der Waals surface area contributed by atoms with Gasteiger partial charge in [-0.15, -0.1) is 0 Å². The van der Waals surface area contributed by atoms with Crippen LogP contribution in [-0.4, -0.2) is 30.3 Å². The van der Waals surface area contributed by atoms with Crippen molar-refractivity contribution in [3.63, 3.8) is 0 Å². The molecule has 0 saturated heterocycles. The first-order valence-electron chi connectivity index (χ1n) is 5.07. The van der Waals surface area contributed by atoms with Gasteiger partial charge in [-0.25, -0.2) is 0 Å². The fraction of sp³-hybridized carbons (Fsp3) is 1.00. The Balaban J connectivity index is 3.61. The molecule has 2 heteroatoms. The summed E-state index contributed by atoms with van der Waals surface area (Å²) >= 11 is 4.30. The summed E-state index contributed by atoms with van der Waals surface area (Å²) in [5.74, 6) is 1.73. The number of nitrogens with zero attached hydrogens (tertiary/aromatic N) is 1. The molecule has 0 aliphatic rings. The van der Waals surface area contributed by atoms with Gasteiger partial charge in [0.1, 0.15) is 0 Å². The Morgan fingerprint density at radius 1 is 1.17 bits per heavy atom. The number of hydrogen-bond acceptors (Lipinski definition) is 2. The van der Waals surface area contributed by atoms with Gasteiger partial charge < -0.3 is 4.90 Å². The van der Waals surface area contributed by atoms with Crippen LogP contribution in [-0.2, 0) is 0 Å². The average molecular weight is 189 g/mol. The Labute approximate surface area is 82.9 Å². The molecular weight excluding hydrogens is 166 g/mol. The molecule has 0 rings (SSSR count). The molecule has 0 aromatic carbocycles. The largest absolute Gasteiger partial charge is 0.303 e. The molecule has 74 valence electrons. The predicted octanol–water partition coefficient (Wildman–Crippen LogP) is 2.67. The van der Waals surface area contributed by atoms with E-state index in [1.165, 1.54) is 32.5 Å². The zero-order chi connectivity index (χ0) is 9.40. The first kappa shape index (κ1) is 12.3. The first-order chi connectivity index (χ1) is 5.74. The molecule has 0 fully saturated rings. The molecule has 1 nitrogen and oxygen atoms in total. The number of hydrogen-bond donors (Lipinski definition) is 1. The van der Waals surface area contributed by atoms with Gasteiger partial charge >= 0.3 is 0 Å². The summed E-state index contributed by atoms with van der Waals surface area (Å²) in [7, 11) is 0. The highest BCUT2D eigenvalue weighted by atomic mass is 32.1. The molecule has 0 aliphatic heterocycles. The van der Waals surface area contributed by atoms with E-state index >= 15 is 0 Å². The van der Waals surface area contributed by atoms with Gasteiger partial charge in [0.15, 0.2) is 0 Å². The SMILES string of the molecule is CCCN(CCC)CC(C)CS. The maximum Gasteiger partial charge on any atom is 0.00148 e. The first-order valence-corrected chi connectivity index (χ1v) is 5.71. The van der Waals surface area contributed by atoms with Crippen molar-refractivity contribution in [2.24, 2.45) is 5.92 Å². The normalized spacial score (nSPS) is 13.8. The minimum atomic E-state index is 0.728. The minimum absolute atomic E-state index is 0.728. The molecule has 0 aromatic heterocycles. The van der Waals surface area contributed by atoms with Crippen LogP contribution in [0.1, 0.15) is 33.6 Å². The van der Waals surface area contributed by atoms with E-state index in [4.69, 9.17) is 0 Å². The lowest BCUT2D eigenvalue weighted by Crippen LogP contribution is -2.30. The Hall–Kier alpha value is 0.310. The van der Waals surface area contributed by atoms with Crippen molar-refractivity contribution in [3.8, 4) is 0 Å². The van der Waals surface area contributed by atoms with E-state index < -0.39 is 0 Å². The van der Waals surface area contributed by atoms with Gasteiger partial charge in [0.2, 0.25) is 0 Å². The van der Waals surface area contributed by atoms with Gasteiger partial charge in [-0.05, 0) is 37.6 Å². The van der Waals surface area contributed by atoms with Gasteiger partial charge in [0.25, 0.3) is 0 Å². The molecular formula is C10H23NS. The Bertz CT molecular complexity index is 89.8. The monoisotopic (exact) mass is 189 g/mol. The summed E-state index contributed by atoms with van der Waals surface area (Å²) < 4.78 is 0. The van der Waals surface area contributed by atoms with Crippen LogP contribution in [0.15, 0.2) is 0 Å². The summed E-state index contributed by atoms with van der Waals surface area (Å²) in [4.78, 5) is 2.54. The van der Waals surface area contributed by atoms with Gasteiger partial charge in [0.05, 0.1) is 0 Å². The Morgan fingerprint density at radius 2 is 1.67 bits per heavy atom. The van der Waals surface area contributed by atoms with Crippen molar-refractivity contribution in [2.75, 3.05) is 25.4 Å². The predicted molar refractivity (Wildman–Crippen MR) is 60.0 cm³/mol. The summed E-state index contributed by atoms with van der Waals surface area (Å²) in [6, 6.07) is 0. The molecule has 1 unspecified atom stereocenters. The highest BCUT2D eigenvalue weighted by Crippen LogP contribution is 2.03. The third-order valence-electron chi connectivity index (χ3n) is 1.96. The second kappa shape index (κ2) is 7.93. The van der Waals surface area contributed by atoms with E-state index in [-0.39, 0.29) is 0 Å². The third-order valence-corrected chi connectivity index (χ3v) is 2.58. The van der Waals surface area contributed by atoms with Gasteiger partial charge in [0, 0.05) is 6.54 Å². The van der Waals surface area contributed by atoms with Crippen molar-refractivity contribution in [3.05, 3.63) is 0 Å². The fourth-order valence-electron chi connectivity index (χ4n) is 1.43. The van der Waals surface area contributed by atoms with Crippen molar-refractivity contribution < 1.29 is 0 Å². The molecule has 0 heterocycles. The van der Waals surface area contributed by atoms with E-state index in [1.54, 1.807) is 0 Å². The minimum Gasteiger partial charge on any atom is -0.303 e. The van der Waals surface area contributed by atoms with Crippen LogP contribution in [0.25, 0.3) is 0 Å². The molecule has 0 amide bonds. The molecule has 0 aromatic rings. The number of rotatable bonds is 7. The van der Waals surface area contributed by atoms with Crippen LogP contribution < -0.4 is 0 Å². The van der Waals surface area contributed by atoms with Crippen molar-refractivity contribution in [2.45, 2.75) is 33.6 Å². The van der Waals surface area contributed by atoms with E-state index in [9.17, 15) is 0 Å². The molecule has 12 heavy (non-hydrogen) atoms. The maximum absolute atomic E-state index is 4.30. The standard InChI is InChI=1S/C10H23NS/c1-4-6-11(7-5-2)8-10(3)9-12/h10,12H,4-9H2,1-3H3. The van der Waals surface area contributed by atoms with E-state index in [1.807, 2.05) is 0 Å². The zero-order valence-corrected chi connectivity index (χ0v) is 9.61. The second-order valence-electron chi connectivity index (χ2n) is 3.59. The Kier molecular flexibility index (Phi) is 8.14. The fourth-order valence-corrected chi connectivity index (χ4v) is 1.54. The average Bonchev–Trinajstić information content (AvgIpc) is 2.05. The van der Waals surface area contributed by atoms with Crippen LogP contribution in [0.4, 0.5) is 0 Å². The van der Waals surface area contributed by atoms with Gasteiger partial charge in [-0.1, -0.05) is 20.8 Å². The van der Waals surface area contributed by atoms with Crippen LogP contribution in [0.3, 0.4) is 0 Å². The zero-order valence-electron chi connectivity index (χ0n) is 8.71. The molecule has 0 N–H and O–H groups in total. The summed E-state index contributed by atoms with van der Waals surface area (Å²) in [5, 5.41) is 0. The van der Waals surface area contributed by atoms with E-state index in [2.05, 4.69) is 38.3 Å². The summed E-state index contributed by atoms with van der Waals surface area (Å²) in [6.45, 7) is 10.5. The third kappa shape index (κ3) is 5.90. The van der Waals surface area contributed by atoms with Gasteiger partial charge in [-0.3, -0.25) is 0 Å².